The van der Waals surface area contributed by atoms with E-state index in [0.717, 1.165) is 12.8 Å². The van der Waals surface area contributed by atoms with Crippen LogP contribution in [0, 0.1) is 5.92 Å². The van der Waals surface area contributed by atoms with Crippen molar-refractivity contribution in [2.75, 3.05) is 18.5 Å². The average Bonchev–Trinajstić information content (AvgIpc) is 3.43. The second kappa shape index (κ2) is 5.83. The minimum atomic E-state index is -0.776. The van der Waals surface area contributed by atoms with Gasteiger partial charge in [-0.1, -0.05) is 12.1 Å². The molecule has 0 bridgehead atoms. The van der Waals surface area contributed by atoms with Crippen molar-refractivity contribution in [1.29, 1.82) is 0 Å². The van der Waals surface area contributed by atoms with Crippen LogP contribution in [0.15, 0.2) is 24.3 Å². The van der Waals surface area contributed by atoms with Crippen LogP contribution in [-0.2, 0) is 9.59 Å². The molecule has 1 aromatic carbocycles. The molecule has 1 saturated heterocycles. The number of nitrogens with zero attached hydrogens (tertiary/aromatic N) is 3. The van der Waals surface area contributed by atoms with E-state index in [2.05, 4.69) is 6.92 Å². The van der Waals surface area contributed by atoms with Crippen LogP contribution in [0.5, 0.6) is 0 Å². The Labute approximate surface area is 153 Å². The standard InChI is InChI=1S/C20H25N3O3/c1-13(14-8-9-14)21(3)18(25)12-22-19(26)15-6-4-5-7-16(15)23-17(24)10-11-20(22,23)2/h4-7,13-14H,8-12H2,1-3H3/t13-,20-/m1/s1. The summed E-state index contributed by atoms with van der Waals surface area (Å²) >= 11 is 0. The summed E-state index contributed by atoms with van der Waals surface area (Å²) in [5.41, 5.74) is 0.374. The maximum Gasteiger partial charge on any atom is 0.258 e. The van der Waals surface area contributed by atoms with E-state index in [0.29, 0.717) is 30.0 Å². The summed E-state index contributed by atoms with van der Waals surface area (Å²) in [5.74, 6) is 0.332. The molecule has 3 amide bonds. The molecule has 0 radical (unpaired) electrons. The molecule has 3 aliphatic rings. The van der Waals surface area contributed by atoms with Gasteiger partial charge in [0.2, 0.25) is 11.8 Å². The van der Waals surface area contributed by atoms with Crippen molar-refractivity contribution < 1.29 is 14.4 Å². The minimum Gasteiger partial charge on any atom is -0.341 e. The fourth-order valence-corrected chi connectivity index (χ4v) is 4.31. The lowest BCUT2D eigenvalue weighted by Gasteiger charge is -2.48. The second-order valence-corrected chi connectivity index (χ2v) is 7.94. The van der Waals surface area contributed by atoms with Gasteiger partial charge in [-0.05, 0) is 51.2 Å². The highest BCUT2D eigenvalue weighted by molar-refractivity contribution is 6.11. The molecule has 1 aliphatic carbocycles. The van der Waals surface area contributed by atoms with E-state index in [9.17, 15) is 14.4 Å². The number of benzene rings is 1. The normalized spacial score (nSPS) is 25.8. The van der Waals surface area contributed by atoms with Crippen LogP contribution >= 0.6 is 0 Å². The molecule has 26 heavy (non-hydrogen) atoms. The van der Waals surface area contributed by atoms with E-state index in [1.807, 2.05) is 26.1 Å². The van der Waals surface area contributed by atoms with E-state index in [4.69, 9.17) is 0 Å². The molecular formula is C20H25N3O3. The summed E-state index contributed by atoms with van der Waals surface area (Å²) in [6, 6.07) is 7.36. The monoisotopic (exact) mass is 355 g/mol. The molecule has 4 rings (SSSR count). The Morgan fingerprint density at radius 2 is 2.00 bits per heavy atom. The van der Waals surface area contributed by atoms with Crippen LogP contribution < -0.4 is 4.90 Å². The molecule has 0 aromatic heterocycles. The first-order chi connectivity index (χ1) is 12.3. The smallest absolute Gasteiger partial charge is 0.258 e. The van der Waals surface area contributed by atoms with Crippen molar-refractivity contribution in [2.24, 2.45) is 5.92 Å². The largest absolute Gasteiger partial charge is 0.341 e. The molecule has 0 spiro atoms. The van der Waals surface area contributed by atoms with Crippen LogP contribution in [-0.4, -0.2) is 52.8 Å². The van der Waals surface area contributed by atoms with Gasteiger partial charge in [0, 0.05) is 19.5 Å². The summed E-state index contributed by atoms with van der Waals surface area (Å²) in [6.45, 7) is 3.96. The molecule has 0 unspecified atom stereocenters. The number of rotatable bonds is 4. The molecule has 2 fully saturated rings. The van der Waals surface area contributed by atoms with Gasteiger partial charge in [0.1, 0.15) is 12.2 Å². The highest BCUT2D eigenvalue weighted by Crippen LogP contribution is 2.44. The zero-order chi connectivity index (χ0) is 18.6. The molecule has 0 N–H and O–H groups in total. The van der Waals surface area contributed by atoms with Gasteiger partial charge in [-0.2, -0.15) is 0 Å². The second-order valence-electron chi connectivity index (χ2n) is 7.94. The summed E-state index contributed by atoms with van der Waals surface area (Å²) < 4.78 is 0. The topological polar surface area (TPSA) is 60.9 Å². The SMILES string of the molecule is C[C@H](C1CC1)N(C)C(=O)CN1C(=O)c2ccccc2N2C(=O)CC[C@]12C. The third-order valence-corrected chi connectivity index (χ3v) is 6.35. The fourth-order valence-electron chi connectivity index (χ4n) is 4.31. The Hall–Kier alpha value is -2.37. The van der Waals surface area contributed by atoms with Gasteiger partial charge in [0.15, 0.2) is 0 Å². The predicted octanol–water partition coefficient (Wildman–Crippen LogP) is 2.24. The Morgan fingerprint density at radius 1 is 1.31 bits per heavy atom. The third-order valence-electron chi connectivity index (χ3n) is 6.35. The maximum absolute atomic E-state index is 13.2. The summed E-state index contributed by atoms with van der Waals surface area (Å²) in [7, 11) is 1.81. The first-order valence-electron chi connectivity index (χ1n) is 9.34. The van der Waals surface area contributed by atoms with Gasteiger partial charge in [-0.3, -0.25) is 19.3 Å². The molecule has 138 valence electrons. The van der Waals surface area contributed by atoms with Gasteiger partial charge in [0.25, 0.3) is 5.91 Å². The summed E-state index contributed by atoms with van der Waals surface area (Å²) in [6.07, 6.45) is 3.25. The molecule has 1 saturated carbocycles. The number of fused-ring (bicyclic) bond motifs is 3. The number of amides is 3. The zero-order valence-corrected chi connectivity index (χ0v) is 15.6. The number of hydrogen-bond acceptors (Lipinski definition) is 3. The Balaban J connectivity index is 1.66. The van der Waals surface area contributed by atoms with Crippen molar-refractivity contribution in [3.63, 3.8) is 0 Å². The van der Waals surface area contributed by atoms with Gasteiger partial charge in [0.05, 0.1) is 11.3 Å². The van der Waals surface area contributed by atoms with E-state index >= 15 is 0 Å². The molecule has 6 nitrogen and oxygen atoms in total. The molecule has 2 atom stereocenters. The van der Waals surface area contributed by atoms with E-state index < -0.39 is 5.66 Å². The molecule has 6 heteroatoms. The number of carbonyl (C=O) groups excluding carboxylic acids is 3. The van der Waals surface area contributed by atoms with Crippen molar-refractivity contribution in [3.05, 3.63) is 29.8 Å². The summed E-state index contributed by atoms with van der Waals surface area (Å²) in [5, 5.41) is 0. The number of anilines is 1. The minimum absolute atomic E-state index is 0.001000. The van der Waals surface area contributed by atoms with E-state index in [-0.39, 0.29) is 30.3 Å². The van der Waals surface area contributed by atoms with Crippen molar-refractivity contribution in [3.8, 4) is 0 Å². The lowest BCUT2D eigenvalue weighted by atomic mass is 9.98. The lowest BCUT2D eigenvalue weighted by molar-refractivity contribution is -0.134. The van der Waals surface area contributed by atoms with Gasteiger partial charge in [-0.25, -0.2) is 0 Å². The number of hydrogen-bond donors (Lipinski definition) is 0. The Kier molecular flexibility index (Phi) is 3.82. The predicted molar refractivity (Wildman–Crippen MR) is 97.6 cm³/mol. The van der Waals surface area contributed by atoms with Gasteiger partial charge < -0.3 is 9.80 Å². The third kappa shape index (κ3) is 2.42. The van der Waals surface area contributed by atoms with Crippen LogP contribution in [0.3, 0.4) is 0 Å². The number of likely N-dealkylation sites (N-methyl/N-ethyl adjacent to an activating group) is 1. The Morgan fingerprint density at radius 3 is 2.69 bits per heavy atom. The van der Waals surface area contributed by atoms with Gasteiger partial charge in [-0.15, -0.1) is 0 Å². The highest BCUT2D eigenvalue weighted by Gasteiger charge is 2.53. The van der Waals surface area contributed by atoms with E-state index in [1.165, 1.54) is 0 Å². The average molecular weight is 355 g/mol. The molecule has 1 aromatic rings. The van der Waals surface area contributed by atoms with Crippen molar-refractivity contribution >= 4 is 23.4 Å². The fraction of sp³-hybridized carbons (Fsp3) is 0.550. The van der Waals surface area contributed by atoms with Crippen molar-refractivity contribution in [2.45, 2.75) is 51.2 Å². The number of carbonyl (C=O) groups is 3. The quantitative estimate of drug-likeness (QED) is 0.832. The van der Waals surface area contributed by atoms with Crippen LogP contribution in [0.25, 0.3) is 0 Å². The Bertz CT molecular complexity index is 788. The first kappa shape index (κ1) is 17.1. The van der Waals surface area contributed by atoms with E-state index in [1.54, 1.807) is 26.8 Å². The van der Waals surface area contributed by atoms with Gasteiger partial charge >= 0.3 is 0 Å². The lowest BCUT2D eigenvalue weighted by Crippen LogP contribution is -2.64. The first-order valence-corrected chi connectivity index (χ1v) is 9.34. The number of para-hydroxylation sites is 1. The zero-order valence-electron chi connectivity index (χ0n) is 15.6. The molecule has 2 aliphatic heterocycles. The van der Waals surface area contributed by atoms with Crippen molar-refractivity contribution in [1.82, 2.24) is 9.80 Å². The maximum atomic E-state index is 13.2. The van der Waals surface area contributed by atoms with Crippen LogP contribution in [0.4, 0.5) is 5.69 Å². The van der Waals surface area contributed by atoms with Crippen LogP contribution in [0.1, 0.15) is 49.9 Å². The summed E-state index contributed by atoms with van der Waals surface area (Å²) in [4.78, 5) is 43.7. The molecule has 2 heterocycles. The highest BCUT2D eigenvalue weighted by atomic mass is 16.2. The van der Waals surface area contributed by atoms with Crippen LogP contribution in [0.2, 0.25) is 0 Å². The molecular weight excluding hydrogens is 330 g/mol.